The van der Waals surface area contributed by atoms with E-state index >= 15 is 0 Å². The first-order valence-electron chi connectivity index (χ1n) is 3.89. The van der Waals surface area contributed by atoms with Gasteiger partial charge in [0.1, 0.15) is 0 Å². The highest BCUT2D eigenvalue weighted by Crippen LogP contribution is 2.06. The second-order valence-corrected chi connectivity index (χ2v) is 2.88. The molecular weight excluding hydrogens is 152 g/mol. The van der Waals surface area contributed by atoms with Crippen molar-refractivity contribution in [3.63, 3.8) is 0 Å². The van der Waals surface area contributed by atoms with Crippen LogP contribution in [0.2, 0.25) is 0 Å². The van der Waals surface area contributed by atoms with Crippen LogP contribution in [0.15, 0.2) is 35.7 Å². The lowest BCUT2D eigenvalue weighted by atomic mass is 10.2. The van der Waals surface area contributed by atoms with Crippen molar-refractivity contribution < 1.29 is 5.21 Å². The Bertz CT molecular complexity index is 239. The SMILES string of the molecule is CC(=C/N(C)O)/C=C1/C=CNC1. The number of allylic oxidation sites excluding steroid dienone is 2. The number of nitrogens with zero attached hydrogens (tertiary/aromatic N) is 1. The minimum Gasteiger partial charge on any atom is -0.387 e. The van der Waals surface area contributed by atoms with Crippen LogP contribution in [-0.2, 0) is 0 Å². The molecule has 0 unspecified atom stereocenters. The molecule has 66 valence electrons. The third-order valence-corrected chi connectivity index (χ3v) is 1.52. The molecule has 3 nitrogen and oxygen atoms in total. The van der Waals surface area contributed by atoms with E-state index in [2.05, 4.69) is 5.32 Å². The van der Waals surface area contributed by atoms with E-state index in [-0.39, 0.29) is 0 Å². The third-order valence-electron chi connectivity index (χ3n) is 1.52. The van der Waals surface area contributed by atoms with Gasteiger partial charge < -0.3 is 5.32 Å². The smallest absolute Gasteiger partial charge is 0.0395 e. The summed E-state index contributed by atoms with van der Waals surface area (Å²) in [5.41, 5.74) is 2.26. The number of hydrogen-bond acceptors (Lipinski definition) is 3. The fourth-order valence-electron chi connectivity index (χ4n) is 1.13. The molecule has 1 aliphatic heterocycles. The van der Waals surface area contributed by atoms with Gasteiger partial charge in [-0.1, -0.05) is 6.08 Å². The van der Waals surface area contributed by atoms with Crippen molar-refractivity contribution in [2.75, 3.05) is 13.6 Å². The molecule has 1 heterocycles. The first-order chi connectivity index (χ1) is 5.68. The Balaban J connectivity index is 2.60. The maximum absolute atomic E-state index is 8.89. The van der Waals surface area contributed by atoms with E-state index in [1.807, 2.05) is 25.3 Å². The Morgan fingerprint density at radius 2 is 2.50 bits per heavy atom. The summed E-state index contributed by atoms with van der Waals surface area (Å²) in [6, 6.07) is 0. The molecule has 0 bridgehead atoms. The molecule has 1 rings (SSSR count). The molecule has 12 heavy (non-hydrogen) atoms. The molecule has 0 radical (unpaired) electrons. The predicted octanol–water partition coefficient (Wildman–Crippen LogP) is 1.25. The predicted molar refractivity (Wildman–Crippen MR) is 48.5 cm³/mol. The lowest BCUT2D eigenvalue weighted by molar-refractivity contribution is -0.0135. The first-order valence-corrected chi connectivity index (χ1v) is 3.89. The summed E-state index contributed by atoms with van der Waals surface area (Å²) in [5, 5.41) is 13.0. The summed E-state index contributed by atoms with van der Waals surface area (Å²) >= 11 is 0. The van der Waals surface area contributed by atoms with Crippen LogP contribution in [0, 0.1) is 0 Å². The van der Waals surface area contributed by atoms with Crippen LogP contribution in [-0.4, -0.2) is 23.9 Å². The van der Waals surface area contributed by atoms with Gasteiger partial charge in [-0.15, -0.1) is 0 Å². The van der Waals surface area contributed by atoms with E-state index in [1.165, 1.54) is 5.57 Å². The van der Waals surface area contributed by atoms with Crippen molar-refractivity contribution in [3.05, 3.63) is 35.7 Å². The number of hydrogen-bond donors (Lipinski definition) is 2. The quantitative estimate of drug-likeness (QED) is 0.606. The molecule has 0 amide bonds. The van der Waals surface area contributed by atoms with Crippen LogP contribution in [0.25, 0.3) is 0 Å². The molecule has 0 fully saturated rings. The van der Waals surface area contributed by atoms with Gasteiger partial charge in [0, 0.05) is 19.8 Å². The Kier molecular flexibility index (Phi) is 2.94. The van der Waals surface area contributed by atoms with E-state index in [1.54, 1.807) is 13.2 Å². The maximum atomic E-state index is 8.89. The van der Waals surface area contributed by atoms with E-state index in [0.717, 1.165) is 17.2 Å². The lowest BCUT2D eigenvalue weighted by Crippen LogP contribution is -2.03. The minimum atomic E-state index is 0.875. The molecule has 0 aromatic rings. The standard InChI is InChI=1S/C9H14N2O/c1-8(7-11(2)12)5-9-3-4-10-6-9/h3-5,7,10,12H,6H2,1-2H3/b8-7-,9-5-. The summed E-state index contributed by atoms with van der Waals surface area (Å²) in [6.07, 6.45) is 7.64. The normalized spacial score (nSPS) is 19.9. The second kappa shape index (κ2) is 3.97. The lowest BCUT2D eigenvalue weighted by Gasteiger charge is -2.03. The Hall–Kier alpha value is -1.22. The largest absolute Gasteiger partial charge is 0.387 e. The highest BCUT2D eigenvalue weighted by Gasteiger charge is 1.97. The van der Waals surface area contributed by atoms with Gasteiger partial charge in [0.05, 0.1) is 0 Å². The average Bonchev–Trinajstić information content (AvgIpc) is 2.37. The van der Waals surface area contributed by atoms with Crippen LogP contribution in [0.3, 0.4) is 0 Å². The number of nitrogens with one attached hydrogen (secondary N) is 1. The van der Waals surface area contributed by atoms with Gasteiger partial charge in [-0.2, -0.15) is 0 Å². The van der Waals surface area contributed by atoms with E-state index < -0.39 is 0 Å². The molecule has 0 aromatic carbocycles. The molecule has 0 aliphatic carbocycles. The van der Waals surface area contributed by atoms with Gasteiger partial charge in [-0.25, -0.2) is 0 Å². The first kappa shape index (κ1) is 8.87. The summed E-state index contributed by atoms with van der Waals surface area (Å²) in [7, 11) is 1.59. The Labute approximate surface area is 72.6 Å². The maximum Gasteiger partial charge on any atom is 0.0395 e. The Morgan fingerprint density at radius 1 is 1.75 bits per heavy atom. The molecular formula is C9H14N2O. The summed E-state index contributed by atoms with van der Waals surface area (Å²) < 4.78 is 0. The fraction of sp³-hybridized carbons (Fsp3) is 0.333. The summed E-state index contributed by atoms with van der Waals surface area (Å²) in [6.45, 7) is 2.83. The van der Waals surface area contributed by atoms with Gasteiger partial charge in [-0.05, 0) is 30.3 Å². The van der Waals surface area contributed by atoms with Crippen LogP contribution in [0.1, 0.15) is 6.92 Å². The number of rotatable bonds is 2. The molecule has 0 atom stereocenters. The molecule has 0 saturated carbocycles. The topological polar surface area (TPSA) is 35.5 Å². The van der Waals surface area contributed by atoms with Gasteiger partial charge in [0.2, 0.25) is 0 Å². The van der Waals surface area contributed by atoms with Crippen LogP contribution < -0.4 is 5.32 Å². The molecule has 2 N–H and O–H groups in total. The van der Waals surface area contributed by atoms with Crippen molar-refractivity contribution in [2.24, 2.45) is 0 Å². The van der Waals surface area contributed by atoms with Crippen molar-refractivity contribution >= 4 is 0 Å². The van der Waals surface area contributed by atoms with E-state index in [9.17, 15) is 0 Å². The molecule has 0 spiro atoms. The van der Waals surface area contributed by atoms with Crippen molar-refractivity contribution in [1.29, 1.82) is 0 Å². The fourth-order valence-corrected chi connectivity index (χ4v) is 1.13. The van der Waals surface area contributed by atoms with E-state index in [4.69, 9.17) is 5.21 Å². The summed E-state index contributed by atoms with van der Waals surface area (Å²) in [4.78, 5) is 0. The van der Waals surface area contributed by atoms with Crippen LogP contribution in [0.5, 0.6) is 0 Å². The summed E-state index contributed by atoms with van der Waals surface area (Å²) in [5.74, 6) is 0. The van der Waals surface area contributed by atoms with Gasteiger partial charge in [0.25, 0.3) is 0 Å². The molecule has 3 heteroatoms. The molecule has 1 aliphatic rings. The zero-order valence-corrected chi connectivity index (χ0v) is 7.41. The Morgan fingerprint density at radius 3 is 3.00 bits per heavy atom. The zero-order chi connectivity index (χ0) is 8.97. The average molecular weight is 166 g/mol. The van der Waals surface area contributed by atoms with Gasteiger partial charge in [0.15, 0.2) is 0 Å². The van der Waals surface area contributed by atoms with Crippen LogP contribution in [0.4, 0.5) is 0 Å². The van der Waals surface area contributed by atoms with Crippen LogP contribution >= 0.6 is 0 Å². The van der Waals surface area contributed by atoms with Gasteiger partial charge in [-0.3, -0.25) is 10.3 Å². The zero-order valence-electron chi connectivity index (χ0n) is 7.41. The minimum absolute atomic E-state index is 0.875. The monoisotopic (exact) mass is 166 g/mol. The van der Waals surface area contributed by atoms with Crippen molar-refractivity contribution in [2.45, 2.75) is 6.92 Å². The second-order valence-electron chi connectivity index (χ2n) is 2.88. The third kappa shape index (κ3) is 2.80. The van der Waals surface area contributed by atoms with Gasteiger partial charge >= 0.3 is 0 Å². The van der Waals surface area contributed by atoms with Crippen molar-refractivity contribution in [3.8, 4) is 0 Å². The van der Waals surface area contributed by atoms with Crippen molar-refractivity contribution in [1.82, 2.24) is 10.4 Å². The molecule has 0 saturated heterocycles. The highest BCUT2D eigenvalue weighted by atomic mass is 16.5. The molecule has 0 aromatic heterocycles. The highest BCUT2D eigenvalue weighted by molar-refractivity contribution is 5.32. The van der Waals surface area contributed by atoms with E-state index in [0.29, 0.717) is 0 Å². The number of hydroxylamine groups is 2.